The van der Waals surface area contributed by atoms with Crippen LogP contribution in [0.5, 0.6) is 0 Å². The van der Waals surface area contributed by atoms with Gasteiger partial charge in [0.15, 0.2) is 0 Å². The lowest BCUT2D eigenvalue weighted by Crippen LogP contribution is -2.21. The van der Waals surface area contributed by atoms with Gasteiger partial charge in [0, 0.05) is 23.9 Å². The third kappa shape index (κ3) is 3.20. The normalized spacial score (nSPS) is 12.6. The van der Waals surface area contributed by atoms with Crippen LogP contribution in [0.2, 0.25) is 5.02 Å². The van der Waals surface area contributed by atoms with Crippen molar-refractivity contribution in [2.75, 3.05) is 19.0 Å². The van der Waals surface area contributed by atoms with Crippen molar-refractivity contribution < 1.29 is 4.74 Å². The van der Waals surface area contributed by atoms with Crippen LogP contribution in [-0.4, -0.2) is 19.8 Å². The van der Waals surface area contributed by atoms with E-state index in [0.29, 0.717) is 12.6 Å². The molecule has 0 saturated heterocycles. The van der Waals surface area contributed by atoms with E-state index in [4.69, 9.17) is 16.3 Å². The Morgan fingerprint density at radius 3 is 2.79 bits per heavy atom. The third-order valence-electron chi connectivity index (χ3n) is 2.01. The summed E-state index contributed by atoms with van der Waals surface area (Å²) in [6.07, 6.45) is 0. The van der Waals surface area contributed by atoms with Gasteiger partial charge in [0.05, 0.1) is 6.61 Å². The maximum absolute atomic E-state index is 5.86. The van der Waals surface area contributed by atoms with Gasteiger partial charge in [-0.1, -0.05) is 11.6 Å². The first-order valence-corrected chi connectivity index (χ1v) is 5.03. The summed E-state index contributed by atoms with van der Waals surface area (Å²) in [6, 6.07) is 6.13. The summed E-state index contributed by atoms with van der Waals surface area (Å²) in [6.45, 7) is 4.81. The van der Waals surface area contributed by atoms with E-state index in [2.05, 4.69) is 12.2 Å². The maximum Gasteiger partial charge on any atom is 0.0661 e. The zero-order chi connectivity index (χ0) is 10.6. The molecule has 1 aromatic rings. The van der Waals surface area contributed by atoms with Gasteiger partial charge in [-0.05, 0) is 37.6 Å². The molecule has 78 valence electrons. The monoisotopic (exact) mass is 213 g/mol. The molecule has 1 atom stereocenters. The first kappa shape index (κ1) is 11.3. The fourth-order valence-electron chi connectivity index (χ4n) is 1.35. The number of ether oxygens (including phenoxy) is 1. The van der Waals surface area contributed by atoms with Crippen LogP contribution in [0.3, 0.4) is 0 Å². The molecule has 14 heavy (non-hydrogen) atoms. The van der Waals surface area contributed by atoms with E-state index in [1.807, 2.05) is 25.1 Å². The molecule has 1 rings (SSSR count). The molecule has 0 saturated carbocycles. The number of rotatable bonds is 4. The van der Waals surface area contributed by atoms with Gasteiger partial charge in [0.25, 0.3) is 0 Å². The highest BCUT2D eigenvalue weighted by Crippen LogP contribution is 2.20. The fraction of sp³-hybridized carbons (Fsp3) is 0.455. The Bertz CT molecular complexity index is 301. The number of hydrogen-bond donors (Lipinski definition) is 1. The van der Waals surface area contributed by atoms with Crippen molar-refractivity contribution in [3.05, 3.63) is 28.8 Å². The van der Waals surface area contributed by atoms with E-state index in [0.717, 1.165) is 16.3 Å². The molecular weight excluding hydrogens is 198 g/mol. The van der Waals surface area contributed by atoms with Gasteiger partial charge in [0.1, 0.15) is 0 Å². The van der Waals surface area contributed by atoms with Gasteiger partial charge < -0.3 is 10.1 Å². The molecule has 0 fully saturated rings. The summed E-state index contributed by atoms with van der Waals surface area (Å²) in [7, 11) is 1.70. The highest BCUT2D eigenvalue weighted by Gasteiger charge is 2.03. The molecule has 0 unspecified atom stereocenters. The summed E-state index contributed by atoms with van der Waals surface area (Å²) >= 11 is 5.86. The molecule has 1 N–H and O–H groups in total. The SMILES string of the molecule is COC[C@H](C)Nc1ccc(Cl)cc1C. The minimum Gasteiger partial charge on any atom is -0.383 e. The van der Waals surface area contributed by atoms with Crippen LogP contribution in [0.4, 0.5) is 5.69 Å². The minimum atomic E-state index is 0.305. The Morgan fingerprint density at radius 1 is 1.50 bits per heavy atom. The second-order valence-corrected chi connectivity index (χ2v) is 3.90. The van der Waals surface area contributed by atoms with Crippen LogP contribution in [0.1, 0.15) is 12.5 Å². The number of halogens is 1. The van der Waals surface area contributed by atoms with E-state index in [1.165, 1.54) is 0 Å². The number of benzene rings is 1. The molecule has 0 aliphatic carbocycles. The summed E-state index contributed by atoms with van der Waals surface area (Å²) in [5.41, 5.74) is 2.26. The van der Waals surface area contributed by atoms with Crippen molar-refractivity contribution in [2.24, 2.45) is 0 Å². The van der Waals surface area contributed by atoms with Crippen LogP contribution in [0.25, 0.3) is 0 Å². The predicted octanol–water partition coefficient (Wildman–Crippen LogP) is 3.10. The summed E-state index contributed by atoms with van der Waals surface area (Å²) in [4.78, 5) is 0. The van der Waals surface area contributed by atoms with E-state index in [1.54, 1.807) is 7.11 Å². The Hall–Kier alpha value is -0.730. The van der Waals surface area contributed by atoms with Gasteiger partial charge in [-0.2, -0.15) is 0 Å². The average molecular weight is 214 g/mol. The molecule has 0 radical (unpaired) electrons. The Balaban J connectivity index is 2.67. The van der Waals surface area contributed by atoms with Crippen molar-refractivity contribution >= 4 is 17.3 Å². The number of methoxy groups -OCH3 is 1. The minimum absolute atomic E-state index is 0.305. The smallest absolute Gasteiger partial charge is 0.0661 e. The van der Waals surface area contributed by atoms with Gasteiger partial charge >= 0.3 is 0 Å². The molecular formula is C11H16ClNO. The largest absolute Gasteiger partial charge is 0.383 e. The number of hydrogen-bond acceptors (Lipinski definition) is 2. The highest BCUT2D eigenvalue weighted by atomic mass is 35.5. The van der Waals surface area contributed by atoms with Crippen LogP contribution in [0, 0.1) is 6.92 Å². The van der Waals surface area contributed by atoms with Gasteiger partial charge in [-0.3, -0.25) is 0 Å². The molecule has 0 aromatic heterocycles. The second-order valence-electron chi connectivity index (χ2n) is 3.46. The Labute approximate surface area is 90.2 Å². The predicted molar refractivity (Wildman–Crippen MR) is 61.1 cm³/mol. The summed E-state index contributed by atoms with van der Waals surface area (Å²) < 4.78 is 5.05. The molecule has 2 nitrogen and oxygen atoms in total. The van der Waals surface area contributed by atoms with Crippen molar-refractivity contribution in [1.82, 2.24) is 0 Å². The highest BCUT2D eigenvalue weighted by molar-refractivity contribution is 6.30. The molecule has 3 heteroatoms. The van der Waals surface area contributed by atoms with E-state index >= 15 is 0 Å². The van der Waals surface area contributed by atoms with E-state index in [-0.39, 0.29) is 0 Å². The van der Waals surface area contributed by atoms with Gasteiger partial charge in [-0.25, -0.2) is 0 Å². The number of aryl methyl sites for hydroxylation is 1. The standard InChI is InChI=1S/C11H16ClNO/c1-8-6-10(12)4-5-11(8)13-9(2)7-14-3/h4-6,9,13H,7H2,1-3H3/t9-/m0/s1. The van der Waals surface area contributed by atoms with Crippen LogP contribution in [0.15, 0.2) is 18.2 Å². The molecule has 0 aliphatic rings. The maximum atomic E-state index is 5.86. The van der Waals surface area contributed by atoms with Gasteiger partial charge in [-0.15, -0.1) is 0 Å². The lowest BCUT2D eigenvalue weighted by Gasteiger charge is -2.16. The van der Waals surface area contributed by atoms with Crippen LogP contribution < -0.4 is 5.32 Å². The van der Waals surface area contributed by atoms with Crippen molar-refractivity contribution in [2.45, 2.75) is 19.9 Å². The summed E-state index contributed by atoms with van der Waals surface area (Å²) in [5.74, 6) is 0. The van der Waals surface area contributed by atoms with E-state index in [9.17, 15) is 0 Å². The molecule has 0 amide bonds. The number of nitrogens with one attached hydrogen (secondary N) is 1. The lowest BCUT2D eigenvalue weighted by molar-refractivity contribution is 0.190. The second kappa shape index (κ2) is 5.23. The Morgan fingerprint density at radius 2 is 2.21 bits per heavy atom. The molecule has 0 spiro atoms. The average Bonchev–Trinajstić information content (AvgIpc) is 2.10. The zero-order valence-electron chi connectivity index (χ0n) is 8.80. The molecule has 1 aromatic carbocycles. The van der Waals surface area contributed by atoms with E-state index < -0.39 is 0 Å². The molecule has 0 bridgehead atoms. The van der Waals surface area contributed by atoms with Gasteiger partial charge in [0.2, 0.25) is 0 Å². The zero-order valence-corrected chi connectivity index (χ0v) is 9.56. The van der Waals surface area contributed by atoms with Crippen molar-refractivity contribution in [3.8, 4) is 0 Å². The fourth-order valence-corrected chi connectivity index (χ4v) is 1.57. The van der Waals surface area contributed by atoms with Crippen LogP contribution >= 0.6 is 11.6 Å². The quantitative estimate of drug-likeness (QED) is 0.830. The first-order chi connectivity index (χ1) is 6.63. The topological polar surface area (TPSA) is 21.3 Å². The van der Waals surface area contributed by atoms with Crippen molar-refractivity contribution in [1.29, 1.82) is 0 Å². The van der Waals surface area contributed by atoms with Crippen molar-refractivity contribution in [3.63, 3.8) is 0 Å². The Kier molecular flexibility index (Phi) is 4.23. The number of anilines is 1. The molecule has 0 heterocycles. The van der Waals surface area contributed by atoms with Crippen LogP contribution in [-0.2, 0) is 4.74 Å². The molecule has 0 aliphatic heterocycles. The first-order valence-electron chi connectivity index (χ1n) is 4.65. The lowest BCUT2D eigenvalue weighted by atomic mass is 10.2. The third-order valence-corrected chi connectivity index (χ3v) is 2.24. The summed E-state index contributed by atoms with van der Waals surface area (Å²) in [5, 5.41) is 4.13.